The van der Waals surface area contributed by atoms with Crippen LogP contribution in [0.25, 0.3) is 0 Å². The number of rotatable bonds is 4. The number of likely N-dealkylation sites (tertiary alicyclic amines) is 1. The number of imide groups is 1. The van der Waals surface area contributed by atoms with Gasteiger partial charge in [0.25, 0.3) is 5.91 Å². The third kappa shape index (κ3) is 3.50. The fourth-order valence-electron chi connectivity index (χ4n) is 3.68. The van der Waals surface area contributed by atoms with Gasteiger partial charge in [-0.25, -0.2) is 0 Å². The zero-order chi connectivity index (χ0) is 18.8. The highest BCUT2D eigenvalue weighted by molar-refractivity contribution is 6.05. The predicted octanol–water partition coefficient (Wildman–Crippen LogP) is 1.37. The molecule has 7 heteroatoms. The SMILES string of the molecule is O=C(c1ccco1)N1CCN(C2CC(=O)N(Cc3ccccc3)C2=O)CC1. The molecule has 3 heterocycles. The highest BCUT2D eigenvalue weighted by Gasteiger charge is 2.42. The van der Waals surface area contributed by atoms with Crippen molar-refractivity contribution in [1.82, 2.24) is 14.7 Å². The highest BCUT2D eigenvalue weighted by atomic mass is 16.3. The smallest absolute Gasteiger partial charge is 0.289 e. The van der Waals surface area contributed by atoms with E-state index >= 15 is 0 Å². The van der Waals surface area contributed by atoms with Crippen LogP contribution in [0, 0.1) is 0 Å². The molecule has 0 N–H and O–H groups in total. The first-order chi connectivity index (χ1) is 13.1. The lowest BCUT2D eigenvalue weighted by atomic mass is 10.1. The van der Waals surface area contributed by atoms with E-state index in [1.54, 1.807) is 17.0 Å². The van der Waals surface area contributed by atoms with E-state index in [4.69, 9.17) is 4.42 Å². The number of hydrogen-bond acceptors (Lipinski definition) is 5. The normalized spacial score (nSPS) is 21.1. The van der Waals surface area contributed by atoms with Crippen molar-refractivity contribution in [1.29, 1.82) is 0 Å². The van der Waals surface area contributed by atoms with Gasteiger partial charge in [-0.15, -0.1) is 0 Å². The van der Waals surface area contributed by atoms with Gasteiger partial charge in [-0.2, -0.15) is 0 Å². The first kappa shape index (κ1) is 17.5. The number of furan rings is 1. The van der Waals surface area contributed by atoms with Gasteiger partial charge >= 0.3 is 0 Å². The molecule has 3 amide bonds. The Kier molecular flexibility index (Phi) is 4.77. The number of nitrogens with zero attached hydrogens (tertiary/aromatic N) is 3. The average molecular weight is 367 g/mol. The first-order valence-corrected chi connectivity index (χ1v) is 9.08. The molecule has 140 valence electrons. The van der Waals surface area contributed by atoms with E-state index in [0.29, 0.717) is 38.5 Å². The van der Waals surface area contributed by atoms with Gasteiger partial charge < -0.3 is 9.32 Å². The van der Waals surface area contributed by atoms with Crippen molar-refractivity contribution in [3.05, 3.63) is 60.1 Å². The van der Waals surface area contributed by atoms with E-state index in [0.717, 1.165) is 5.56 Å². The van der Waals surface area contributed by atoms with E-state index in [9.17, 15) is 14.4 Å². The van der Waals surface area contributed by atoms with E-state index in [2.05, 4.69) is 0 Å². The number of benzene rings is 1. The molecule has 1 atom stereocenters. The van der Waals surface area contributed by atoms with Gasteiger partial charge in [0.2, 0.25) is 11.8 Å². The molecule has 2 aliphatic heterocycles. The molecular weight excluding hydrogens is 346 g/mol. The summed E-state index contributed by atoms with van der Waals surface area (Å²) in [5.74, 6) is -0.0959. The lowest BCUT2D eigenvalue weighted by Crippen LogP contribution is -2.53. The Balaban J connectivity index is 1.37. The van der Waals surface area contributed by atoms with Crippen molar-refractivity contribution in [3.63, 3.8) is 0 Å². The fourth-order valence-corrected chi connectivity index (χ4v) is 3.68. The summed E-state index contributed by atoms with van der Waals surface area (Å²) in [6.45, 7) is 2.46. The Bertz CT molecular complexity index is 826. The number of hydrogen-bond donors (Lipinski definition) is 0. The van der Waals surface area contributed by atoms with Gasteiger partial charge in [0, 0.05) is 26.2 Å². The van der Waals surface area contributed by atoms with Crippen molar-refractivity contribution in [2.24, 2.45) is 0 Å². The maximum Gasteiger partial charge on any atom is 0.289 e. The summed E-state index contributed by atoms with van der Waals surface area (Å²) in [7, 11) is 0. The van der Waals surface area contributed by atoms with Crippen LogP contribution in [0.4, 0.5) is 0 Å². The van der Waals surface area contributed by atoms with Gasteiger partial charge in [-0.05, 0) is 17.7 Å². The van der Waals surface area contributed by atoms with Gasteiger partial charge in [0.15, 0.2) is 5.76 Å². The third-order valence-electron chi connectivity index (χ3n) is 5.18. The van der Waals surface area contributed by atoms with Crippen LogP contribution in [0.3, 0.4) is 0 Å². The predicted molar refractivity (Wildman–Crippen MR) is 96.6 cm³/mol. The minimum absolute atomic E-state index is 0.136. The summed E-state index contributed by atoms with van der Waals surface area (Å²) in [6.07, 6.45) is 1.69. The summed E-state index contributed by atoms with van der Waals surface area (Å²) >= 11 is 0. The Labute approximate surface area is 157 Å². The molecule has 2 aromatic rings. The van der Waals surface area contributed by atoms with Crippen molar-refractivity contribution in [2.75, 3.05) is 26.2 Å². The summed E-state index contributed by atoms with van der Waals surface area (Å²) in [4.78, 5) is 42.6. The topological polar surface area (TPSA) is 74.1 Å². The molecule has 1 aromatic heterocycles. The Morgan fingerprint density at radius 2 is 1.74 bits per heavy atom. The maximum atomic E-state index is 12.8. The largest absolute Gasteiger partial charge is 0.459 e. The van der Waals surface area contributed by atoms with Crippen molar-refractivity contribution in [2.45, 2.75) is 19.0 Å². The molecule has 27 heavy (non-hydrogen) atoms. The molecule has 1 unspecified atom stereocenters. The molecular formula is C20H21N3O4. The Morgan fingerprint density at radius 1 is 1.00 bits per heavy atom. The lowest BCUT2D eigenvalue weighted by molar-refractivity contribution is -0.140. The molecule has 2 fully saturated rings. The van der Waals surface area contributed by atoms with E-state index in [1.807, 2.05) is 35.2 Å². The van der Waals surface area contributed by atoms with Crippen LogP contribution in [-0.4, -0.2) is 64.6 Å². The molecule has 0 spiro atoms. The highest BCUT2D eigenvalue weighted by Crippen LogP contribution is 2.22. The van der Waals surface area contributed by atoms with Crippen LogP contribution in [0.15, 0.2) is 53.1 Å². The number of piperazine rings is 1. The minimum atomic E-state index is -0.429. The molecule has 2 aliphatic rings. The summed E-state index contributed by atoms with van der Waals surface area (Å²) in [5.41, 5.74) is 0.939. The number of carbonyl (C=O) groups excluding carboxylic acids is 3. The minimum Gasteiger partial charge on any atom is -0.459 e. The van der Waals surface area contributed by atoms with Crippen molar-refractivity contribution >= 4 is 17.7 Å². The quantitative estimate of drug-likeness (QED) is 0.763. The van der Waals surface area contributed by atoms with Gasteiger partial charge in [0.1, 0.15) is 0 Å². The van der Waals surface area contributed by atoms with E-state index in [1.165, 1.54) is 11.2 Å². The molecule has 4 rings (SSSR count). The zero-order valence-electron chi connectivity index (χ0n) is 14.9. The van der Waals surface area contributed by atoms with Gasteiger partial charge in [0.05, 0.1) is 25.3 Å². The molecule has 2 saturated heterocycles. The lowest BCUT2D eigenvalue weighted by Gasteiger charge is -2.36. The summed E-state index contributed by atoms with van der Waals surface area (Å²) < 4.78 is 5.17. The van der Waals surface area contributed by atoms with Crippen LogP contribution < -0.4 is 0 Å². The molecule has 7 nitrogen and oxygen atoms in total. The first-order valence-electron chi connectivity index (χ1n) is 9.08. The summed E-state index contributed by atoms with van der Waals surface area (Å²) in [5, 5.41) is 0. The third-order valence-corrected chi connectivity index (χ3v) is 5.18. The maximum absolute atomic E-state index is 12.8. The monoisotopic (exact) mass is 367 g/mol. The molecule has 1 aromatic carbocycles. The van der Waals surface area contributed by atoms with Crippen LogP contribution in [0.1, 0.15) is 22.5 Å². The second-order valence-corrected chi connectivity index (χ2v) is 6.83. The van der Waals surface area contributed by atoms with Crippen LogP contribution in [0.2, 0.25) is 0 Å². The van der Waals surface area contributed by atoms with Crippen LogP contribution in [0.5, 0.6) is 0 Å². The fraction of sp³-hybridized carbons (Fsp3) is 0.350. The molecule has 0 radical (unpaired) electrons. The Hall–Kier alpha value is -2.93. The molecule has 0 bridgehead atoms. The molecule has 0 aliphatic carbocycles. The second kappa shape index (κ2) is 7.36. The van der Waals surface area contributed by atoms with Crippen LogP contribution >= 0.6 is 0 Å². The van der Waals surface area contributed by atoms with Crippen molar-refractivity contribution < 1.29 is 18.8 Å². The van der Waals surface area contributed by atoms with E-state index < -0.39 is 6.04 Å². The van der Waals surface area contributed by atoms with Gasteiger partial charge in [-0.1, -0.05) is 30.3 Å². The van der Waals surface area contributed by atoms with Crippen LogP contribution in [-0.2, 0) is 16.1 Å². The van der Waals surface area contributed by atoms with Crippen molar-refractivity contribution in [3.8, 4) is 0 Å². The average Bonchev–Trinajstić information content (AvgIpc) is 3.33. The number of amides is 3. The molecule has 0 saturated carbocycles. The van der Waals surface area contributed by atoms with Gasteiger partial charge in [-0.3, -0.25) is 24.2 Å². The number of carbonyl (C=O) groups is 3. The zero-order valence-corrected chi connectivity index (χ0v) is 14.9. The summed E-state index contributed by atoms with van der Waals surface area (Å²) in [6, 6.07) is 12.4. The standard InChI is InChI=1S/C20H21N3O4/c24-18-13-16(19(25)23(18)14-15-5-2-1-3-6-15)21-8-10-22(11-9-21)20(26)17-7-4-12-27-17/h1-7,12,16H,8-11,13-14H2. The second-order valence-electron chi connectivity index (χ2n) is 6.83. The van der Waals surface area contributed by atoms with E-state index in [-0.39, 0.29) is 24.1 Å². The Morgan fingerprint density at radius 3 is 2.41 bits per heavy atom.